The molecule has 0 fully saturated rings. The third-order valence-corrected chi connectivity index (χ3v) is 4.69. The van der Waals surface area contributed by atoms with E-state index in [0.717, 1.165) is 21.8 Å². The van der Waals surface area contributed by atoms with Gasteiger partial charge in [0.2, 0.25) is 0 Å². The zero-order chi connectivity index (χ0) is 20.0. The minimum absolute atomic E-state index is 0.0176. The molecule has 0 unspecified atom stereocenters. The van der Waals surface area contributed by atoms with E-state index in [1.54, 1.807) is 6.07 Å². The molecule has 3 aromatic rings. The number of anilines is 1. The molecule has 0 radical (unpaired) electrons. The summed E-state index contributed by atoms with van der Waals surface area (Å²) in [6.45, 7) is 3.80. The Hall–Kier alpha value is -3.42. The minimum atomic E-state index is -0.630. The van der Waals surface area contributed by atoms with E-state index in [4.69, 9.17) is 0 Å². The molecule has 8 heteroatoms. The van der Waals surface area contributed by atoms with Crippen molar-refractivity contribution >= 4 is 22.6 Å². The van der Waals surface area contributed by atoms with Gasteiger partial charge in [0.05, 0.1) is 10.9 Å². The fourth-order valence-corrected chi connectivity index (χ4v) is 3.18. The lowest BCUT2D eigenvalue weighted by molar-refractivity contribution is 0.102. The van der Waals surface area contributed by atoms with Gasteiger partial charge in [-0.1, -0.05) is 17.7 Å². The maximum Gasteiger partial charge on any atom is 0.332 e. The van der Waals surface area contributed by atoms with Crippen LogP contribution in [0.25, 0.3) is 11.0 Å². The quantitative estimate of drug-likeness (QED) is 0.724. The minimum Gasteiger partial charge on any atom is -0.322 e. The van der Waals surface area contributed by atoms with Gasteiger partial charge < -0.3 is 5.32 Å². The van der Waals surface area contributed by atoms with Crippen LogP contribution in [0.1, 0.15) is 21.5 Å². The van der Waals surface area contributed by atoms with Gasteiger partial charge >= 0.3 is 5.69 Å². The third kappa shape index (κ3) is 2.88. The summed E-state index contributed by atoms with van der Waals surface area (Å²) in [5.41, 5.74) is 0.831. The number of hydrogen-bond donors (Lipinski definition) is 1. The number of aromatic nitrogens is 3. The summed E-state index contributed by atoms with van der Waals surface area (Å²) in [6.07, 6.45) is 0. The Bertz CT molecular complexity index is 1280. The van der Waals surface area contributed by atoms with Gasteiger partial charge in [0.25, 0.3) is 17.0 Å². The largest absolute Gasteiger partial charge is 0.332 e. The van der Waals surface area contributed by atoms with Crippen molar-refractivity contribution in [1.29, 1.82) is 0 Å². The van der Waals surface area contributed by atoms with Crippen LogP contribution in [-0.2, 0) is 21.1 Å². The van der Waals surface area contributed by atoms with Crippen molar-refractivity contribution in [1.82, 2.24) is 13.7 Å². The molecule has 0 aliphatic heterocycles. The zero-order valence-electron chi connectivity index (χ0n) is 15.8. The van der Waals surface area contributed by atoms with Crippen LogP contribution in [0.3, 0.4) is 0 Å². The number of hydrogen-bond acceptors (Lipinski definition) is 4. The summed E-state index contributed by atoms with van der Waals surface area (Å²) in [4.78, 5) is 50.2. The van der Waals surface area contributed by atoms with E-state index in [1.165, 1.54) is 30.3 Å². The summed E-state index contributed by atoms with van der Waals surface area (Å²) < 4.78 is 3.29. The third-order valence-electron chi connectivity index (χ3n) is 4.69. The lowest BCUT2D eigenvalue weighted by Gasteiger charge is -2.15. The number of rotatable bonds is 2. The number of aryl methyl sites for hydroxylation is 4. The lowest BCUT2D eigenvalue weighted by atomic mass is 10.1. The molecule has 1 N–H and O–H groups in total. The van der Waals surface area contributed by atoms with Crippen molar-refractivity contribution < 1.29 is 4.79 Å². The predicted octanol–water partition coefficient (Wildman–Crippen LogP) is 0.805. The van der Waals surface area contributed by atoms with Gasteiger partial charge in [-0.3, -0.25) is 28.1 Å². The Morgan fingerprint density at radius 3 is 2.22 bits per heavy atom. The molecule has 0 atom stereocenters. The number of nitrogens with zero attached hydrogens (tertiary/aromatic N) is 3. The van der Waals surface area contributed by atoms with Crippen LogP contribution in [0.2, 0.25) is 0 Å². The lowest BCUT2D eigenvalue weighted by Crippen LogP contribution is -2.40. The molecule has 0 saturated heterocycles. The molecule has 140 valence electrons. The van der Waals surface area contributed by atoms with Gasteiger partial charge in [-0.05, 0) is 25.5 Å². The van der Waals surface area contributed by atoms with Crippen LogP contribution in [0, 0.1) is 13.8 Å². The van der Waals surface area contributed by atoms with Crippen LogP contribution in [0.5, 0.6) is 0 Å². The maximum atomic E-state index is 12.9. The molecule has 8 nitrogen and oxygen atoms in total. The number of nitrogens with one attached hydrogen (secondary N) is 1. The van der Waals surface area contributed by atoms with Crippen molar-refractivity contribution in [3.63, 3.8) is 0 Å². The molecule has 3 rings (SSSR count). The first-order valence-corrected chi connectivity index (χ1v) is 8.32. The van der Waals surface area contributed by atoms with Gasteiger partial charge in [-0.15, -0.1) is 0 Å². The van der Waals surface area contributed by atoms with Gasteiger partial charge in [-0.2, -0.15) is 0 Å². The Kier molecular flexibility index (Phi) is 4.35. The molecule has 0 spiro atoms. The molecule has 0 saturated carbocycles. The average molecular weight is 368 g/mol. The standard InChI is InChI=1S/C19H20N4O4/c1-10-6-7-13(11(2)8-10)20-16(25)12-9-14(24)21(3)17-15(12)18(26)23(5)19(27)22(17)4/h6-9H,1-5H3,(H,20,25). The normalized spacial score (nSPS) is 11.0. The summed E-state index contributed by atoms with van der Waals surface area (Å²) in [5, 5.41) is 2.77. The molecule has 0 aliphatic carbocycles. The Labute approximate surface area is 154 Å². The van der Waals surface area contributed by atoms with Crippen molar-refractivity contribution in [2.75, 3.05) is 5.32 Å². The van der Waals surface area contributed by atoms with E-state index in [0.29, 0.717) is 5.69 Å². The Morgan fingerprint density at radius 1 is 0.926 bits per heavy atom. The van der Waals surface area contributed by atoms with Crippen LogP contribution < -0.4 is 22.1 Å². The highest BCUT2D eigenvalue weighted by atomic mass is 16.2. The molecule has 2 heterocycles. The number of benzene rings is 1. The van der Waals surface area contributed by atoms with Crippen LogP contribution in [0.4, 0.5) is 5.69 Å². The second kappa shape index (κ2) is 6.39. The van der Waals surface area contributed by atoms with Crippen molar-refractivity contribution in [2.24, 2.45) is 21.1 Å². The topological polar surface area (TPSA) is 95.1 Å². The predicted molar refractivity (Wildman–Crippen MR) is 104 cm³/mol. The molecule has 27 heavy (non-hydrogen) atoms. The molecule has 2 aromatic heterocycles. The van der Waals surface area contributed by atoms with E-state index >= 15 is 0 Å². The van der Waals surface area contributed by atoms with Crippen LogP contribution in [0.15, 0.2) is 38.6 Å². The first-order chi connectivity index (χ1) is 12.6. The van der Waals surface area contributed by atoms with Gasteiger partial charge in [-0.25, -0.2) is 4.79 Å². The van der Waals surface area contributed by atoms with Crippen LogP contribution in [-0.4, -0.2) is 19.6 Å². The van der Waals surface area contributed by atoms with E-state index < -0.39 is 22.7 Å². The summed E-state index contributed by atoms with van der Waals surface area (Å²) >= 11 is 0. The maximum absolute atomic E-state index is 12.9. The van der Waals surface area contributed by atoms with E-state index in [9.17, 15) is 19.2 Å². The summed E-state index contributed by atoms with van der Waals surface area (Å²) in [5.74, 6) is -0.583. The summed E-state index contributed by atoms with van der Waals surface area (Å²) in [7, 11) is 4.24. The second-order valence-electron chi connectivity index (χ2n) is 6.63. The van der Waals surface area contributed by atoms with Gasteiger partial charge in [0.1, 0.15) is 5.65 Å². The highest BCUT2D eigenvalue weighted by Crippen LogP contribution is 2.18. The molecule has 0 aliphatic rings. The fraction of sp³-hybridized carbons (Fsp3) is 0.263. The molecule has 1 aromatic carbocycles. The monoisotopic (exact) mass is 368 g/mol. The van der Waals surface area contributed by atoms with E-state index in [-0.39, 0.29) is 16.6 Å². The smallest absolute Gasteiger partial charge is 0.322 e. The highest BCUT2D eigenvalue weighted by molar-refractivity contribution is 6.12. The number of pyridine rings is 1. The van der Waals surface area contributed by atoms with E-state index in [1.807, 2.05) is 26.0 Å². The van der Waals surface area contributed by atoms with Crippen molar-refractivity contribution in [3.8, 4) is 0 Å². The average Bonchev–Trinajstić information content (AvgIpc) is 2.62. The number of fused-ring (bicyclic) bond motifs is 1. The number of carbonyl (C=O) groups is 1. The van der Waals surface area contributed by atoms with Gasteiger partial charge in [0, 0.05) is 32.9 Å². The molecule has 0 bridgehead atoms. The Morgan fingerprint density at radius 2 is 1.59 bits per heavy atom. The SMILES string of the molecule is Cc1ccc(NC(=O)c2cc(=O)n(C)c3c2c(=O)n(C)c(=O)n3C)c(C)c1. The van der Waals surface area contributed by atoms with E-state index in [2.05, 4.69) is 5.32 Å². The van der Waals surface area contributed by atoms with Crippen molar-refractivity contribution in [3.05, 3.63) is 72.1 Å². The van der Waals surface area contributed by atoms with Crippen LogP contribution >= 0.6 is 0 Å². The van der Waals surface area contributed by atoms with Crippen molar-refractivity contribution in [2.45, 2.75) is 13.8 Å². The number of carbonyl (C=O) groups excluding carboxylic acids is 1. The molecule has 1 amide bonds. The molecular formula is C19H20N4O4. The number of amides is 1. The first kappa shape index (κ1) is 18.4. The molecular weight excluding hydrogens is 348 g/mol. The highest BCUT2D eigenvalue weighted by Gasteiger charge is 2.21. The summed E-state index contributed by atoms with van der Waals surface area (Å²) in [6, 6.07) is 6.65. The van der Waals surface area contributed by atoms with Gasteiger partial charge in [0.15, 0.2) is 0 Å². The fourth-order valence-electron chi connectivity index (χ4n) is 3.18. The zero-order valence-corrected chi connectivity index (χ0v) is 15.8. The Balaban J connectivity index is 2.30. The first-order valence-electron chi connectivity index (χ1n) is 8.32. The second-order valence-corrected chi connectivity index (χ2v) is 6.63.